The summed E-state index contributed by atoms with van der Waals surface area (Å²) in [6.07, 6.45) is 3.18. The number of benzene rings is 3. The molecule has 0 aliphatic heterocycles. The van der Waals surface area contributed by atoms with Crippen molar-refractivity contribution in [3.63, 3.8) is 0 Å². The Morgan fingerprint density at radius 1 is 0.800 bits per heavy atom. The van der Waals surface area contributed by atoms with Gasteiger partial charge < -0.3 is 18.1 Å². The van der Waals surface area contributed by atoms with E-state index in [4.69, 9.17) is 18.1 Å². The third-order valence-electron chi connectivity index (χ3n) is 5.71. The van der Waals surface area contributed by atoms with Crippen molar-refractivity contribution in [3.8, 4) is 17.2 Å². The summed E-state index contributed by atoms with van der Waals surface area (Å²) in [5.41, 5.74) is 3.41. The van der Waals surface area contributed by atoms with Gasteiger partial charge >= 0.3 is 16.1 Å². The van der Waals surface area contributed by atoms with Crippen LogP contribution >= 0.6 is 11.8 Å². The monoisotopic (exact) mass is 602 g/mol. The Morgan fingerprint density at radius 2 is 1.32 bits per heavy atom. The molecule has 0 bridgehead atoms. The van der Waals surface area contributed by atoms with Gasteiger partial charge in [-0.15, -0.1) is 11.8 Å². The minimum absolute atomic E-state index is 0.135. The molecule has 0 saturated heterocycles. The van der Waals surface area contributed by atoms with Crippen molar-refractivity contribution in [2.45, 2.75) is 44.2 Å². The molecule has 0 heterocycles. The van der Waals surface area contributed by atoms with Crippen LogP contribution in [-0.4, -0.2) is 53.7 Å². The largest absolute Gasteiger partial charge is 0.519 e. The Labute approximate surface area is 243 Å². The van der Waals surface area contributed by atoms with Crippen molar-refractivity contribution in [3.05, 3.63) is 89.5 Å². The Morgan fingerprint density at radius 3 is 1.90 bits per heavy atom. The van der Waals surface area contributed by atoms with Crippen molar-refractivity contribution >= 4 is 36.2 Å². The molecule has 3 rings (SSSR count). The van der Waals surface area contributed by atoms with E-state index in [1.165, 1.54) is 5.56 Å². The van der Waals surface area contributed by atoms with Gasteiger partial charge in [-0.05, 0) is 91.3 Å². The Kier molecular flexibility index (Phi) is 11.5. The lowest BCUT2D eigenvalue weighted by Gasteiger charge is -2.23. The van der Waals surface area contributed by atoms with Crippen LogP contribution in [0.2, 0.25) is 19.6 Å². The van der Waals surface area contributed by atoms with E-state index in [1.807, 2.05) is 31.8 Å². The summed E-state index contributed by atoms with van der Waals surface area (Å²) in [6, 6.07) is 22.7. The standard InChI is InChI=1S/C30H38O7S2Si/c1-34-26-12-10-24(11-13-26)19-21-38-29(30(31)37-40(3,4)5)22-25-8-6-23(7-9-25)18-20-35-27-14-16-28(17-15-27)36-39(2,32)33/h6-17,29H,18-22H2,1-5H3. The molecule has 0 aliphatic carbocycles. The van der Waals surface area contributed by atoms with Crippen molar-refractivity contribution in [2.75, 3.05) is 25.7 Å². The molecule has 0 radical (unpaired) electrons. The lowest BCUT2D eigenvalue weighted by Crippen LogP contribution is -2.35. The van der Waals surface area contributed by atoms with Gasteiger partial charge in [0.1, 0.15) is 22.5 Å². The van der Waals surface area contributed by atoms with E-state index in [9.17, 15) is 13.2 Å². The van der Waals surface area contributed by atoms with E-state index in [0.717, 1.165) is 35.3 Å². The summed E-state index contributed by atoms with van der Waals surface area (Å²) < 4.78 is 44.2. The van der Waals surface area contributed by atoms with Crippen LogP contribution in [0.25, 0.3) is 0 Å². The second kappa shape index (κ2) is 14.6. The van der Waals surface area contributed by atoms with Crippen LogP contribution in [0.15, 0.2) is 72.8 Å². The second-order valence-corrected chi connectivity index (χ2v) is 17.7. The van der Waals surface area contributed by atoms with E-state index in [-0.39, 0.29) is 17.0 Å². The molecule has 0 aliphatic rings. The number of hydrogen-bond donors (Lipinski definition) is 0. The molecule has 3 aromatic rings. The molecule has 10 heteroatoms. The molecule has 7 nitrogen and oxygen atoms in total. The minimum atomic E-state index is -3.56. The number of aryl methyl sites for hydroxylation is 1. The fourth-order valence-electron chi connectivity index (χ4n) is 3.80. The number of carbonyl (C=O) groups excluding carboxylic acids is 1. The summed E-state index contributed by atoms with van der Waals surface area (Å²) in [5.74, 6) is 2.39. The Hall–Kier alpha value is -2.95. The van der Waals surface area contributed by atoms with Crippen LogP contribution in [0, 0.1) is 0 Å². The van der Waals surface area contributed by atoms with Gasteiger partial charge in [0, 0.05) is 6.42 Å². The number of ether oxygens (including phenoxy) is 2. The third-order valence-corrected chi connectivity index (χ3v) is 8.22. The van der Waals surface area contributed by atoms with E-state index in [0.29, 0.717) is 25.2 Å². The van der Waals surface area contributed by atoms with Crippen LogP contribution in [0.4, 0.5) is 0 Å². The van der Waals surface area contributed by atoms with E-state index in [2.05, 4.69) is 36.4 Å². The normalized spacial score (nSPS) is 12.4. The van der Waals surface area contributed by atoms with Crippen molar-refractivity contribution in [2.24, 2.45) is 0 Å². The molecule has 0 aromatic heterocycles. The fraction of sp³-hybridized carbons (Fsp3) is 0.367. The first-order valence-corrected chi connectivity index (χ1v) is 19.3. The lowest BCUT2D eigenvalue weighted by atomic mass is 10.1. The van der Waals surface area contributed by atoms with Gasteiger partial charge in [0.25, 0.3) is 0 Å². The average molecular weight is 603 g/mol. The first-order valence-electron chi connectivity index (χ1n) is 13.1. The van der Waals surface area contributed by atoms with E-state index in [1.54, 1.807) is 43.1 Å². The molecule has 0 saturated carbocycles. The smallest absolute Gasteiger partial charge is 0.306 e. The summed E-state index contributed by atoms with van der Waals surface area (Å²) >= 11 is 1.64. The number of hydrogen-bond acceptors (Lipinski definition) is 8. The first-order chi connectivity index (χ1) is 18.9. The maximum Gasteiger partial charge on any atom is 0.306 e. The topological polar surface area (TPSA) is 88.1 Å². The quantitative estimate of drug-likeness (QED) is 0.157. The fourth-order valence-corrected chi connectivity index (χ4v) is 6.22. The van der Waals surface area contributed by atoms with Gasteiger partial charge in [0.05, 0.1) is 20.0 Å². The third kappa shape index (κ3) is 11.7. The van der Waals surface area contributed by atoms with Crippen LogP contribution < -0.4 is 13.7 Å². The molecule has 216 valence electrons. The zero-order chi connectivity index (χ0) is 29.2. The molecule has 0 amide bonds. The number of methoxy groups -OCH3 is 1. The zero-order valence-electron chi connectivity index (χ0n) is 23.7. The highest BCUT2D eigenvalue weighted by molar-refractivity contribution is 8.00. The van der Waals surface area contributed by atoms with E-state index < -0.39 is 18.4 Å². The Bertz CT molecular complexity index is 1320. The number of thioether (sulfide) groups is 1. The van der Waals surface area contributed by atoms with Gasteiger partial charge in [-0.3, -0.25) is 4.79 Å². The van der Waals surface area contributed by atoms with Gasteiger partial charge in [-0.1, -0.05) is 36.4 Å². The van der Waals surface area contributed by atoms with Gasteiger partial charge in [0.2, 0.25) is 8.32 Å². The SMILES string of the molecule is COc1ccc(CCSC(Cc2ccc(CCOc3ccc(OS(C)(=O)=O)cc3)cc2)C(=O)O[Si](C)(C)C)cc1. The highest BCUT2D eigenvalue weighted by Gasteiger charge is 2.27. The van der Waals surface area contributed by atoms with Crippen LogP contribution in [0.1, 0.15) is 16.7 Å². The summed E-state index contributed by atoms with van der Waals surface area (Å²) in [5, 5.41) is -0.270. The molecular formula is C30H38O7S2Si. The van der Waals surface area contributed by atoms with Crippen molar-refractivity contribution < 1.29 is 31.3 Å². The maximum atomic E-state index is 13.0. The molecule has 3 aromatic carbocycles. The Balaban J connectivity index is 1.53. The molecule has 0 spiro atoms. The molecular weight excluding hydrogens is 565 g/mol. The molecule has 40 heavy (non-hydrogen) atoms. The van der Waals surface area contributed by atoms with Gasteiger partial charge in [-0.25, -0.2) is 0 Å². The van der Waals surface area contributed by atoms with Crippen LogP contribution in [0.3, 0.4) is 0 Å². The lowest BCUT2D eigenvalue weighted by molar-refractivity contribution is -0.134. The summed E-state index contributed by atoms with van der Waals surface area (Å²) in [7, 11) is -3.91. The molecule has 1 atom stereocenters. The highest BCUT2D eigenvalue weighted by Crippen LogP contribution is 2.23. The minimum Gasteiger partial charge on any atom is -0.519 e. The highest BCUT2D eigenvalue weighted by atomic mass is 32.2. The molecule has 1 unspecified atom stereocenters. The van der Waals surface area contributed by atoms with Crippen molar-refractivity contribution in [1.29, 1.82) is 0 Å². The number of carbonyl (C=O) groups is 1. The van der Waals surface area contributed by atoms with Gasteiger partial charge in [-0.2, -0.15) is 8.42 Å². The second-order valence-electron chi connectivity index (χ2n) is 10.4. The van der Waals surface area contributed by atoms with Crippen LogP contribution in [0.5, 0.6) is 17.2 Å². The summed E-state index contributed by atoms with van der Waals surface area (Å²) in [4.78, 5) is 13.0. The number of rotatable bonds is 15. The maximum absolute atomic E-state index is 13.0. The summed E-state index contributed by atoms with van der Waals surface area (Å²) in [6.45, 7) is 6.55. The van der Waals surface area contributed by atoms with Crippen molar-refractivity contribution in [1.82, 2.24) is 0 Å². The van der Waals surface area contributed by atoms with Gasteiger partial charge in [0.15, 0.2) is 0 Å². The van der Waals surface area contributed by atoms with Crippen LogP contribution in [-0.2, 0) is 38.6 Å². The first kappa shape index (κ1) is 31.6. The zero-order valence-corrected chi connectivity index (χ0v) is 26.3. The predicted molar refractivity (Wildman–Crippen MR) is 164 cm³/mol. The average Bonchev–Trinajstić information content (AvgIpc) is 2.88. The predicted octanol–water partition coefficient (Wildman–Crippen LogP) is 5.92. The van der Waals surface area contributed by atoms with E-state index >= 15 is 0 Å². The molecule has 0 N–H and O–H groups in total. The molecule has 0 fully saturated rings.